The Balaban J connectivity index is 1.81. The Hall–Kier alpha value is -2.86. The Morgan fingerprint density at radius 2 is 1.88 bits per heavy atom. The highest BCUT2D eigenvalue weighted by molar-refractivity contribution is 5.93. The molecule has 0 aliphatic heterocycles. The summed E-state index contributed by atoms with van der Waals surface area (Å²) < 4.78 is 11.3. The molecule has 0 bridgehead atoms. The molecule has 2 heterocycles. The first-order valence-corrected chi connectivity index (χ1v) is 8.40. The van der Waals surface area contributed by atoms with Gasteiger partial charge in [-0.25, -0.2) is 0 Å². The van der Waals surface area contributed by atoms with E-state index in [0.717, 1.165) is 17.1 Å². The number of benzene rings is 1. The van der Waals surface area contributed by atoms with Gasteiger partial charge in [0.15, 0.2) is 11.2 Å². The van der Waals surface area contributed by atoms with Gasteiger partial charge in [0, 0.05) is 12.6 Å². The monoisotopic (exact) mass is 354 g/mol. The van der Waals surface area contributed by atoms with E-state index in [1.807, 2.05) is 51.0 Å². The number of aryl methyl sites for hydroxylation is 2. The molecule has 0 aliphatic carbocycles. The summed E-state index contributed by atoms with van der Waals surface area (Å²) >= 11 is 0. The van der Waals surface area contributed by atoms with Gasteiger partial charge in [-0.2, -0.15) is 0 Å². The van der Waals surface area contributed by atoms with Gasteiger partial charge in [-0.15, -0.1) is 0 Å². The number of nitrogens with one attached hydrogen (secondary N) is 1. The van der Waals surface area contributed by atoms with Crippen LogP contribution < -0.4 is 10.7 Å². The highest BCUT2D eigenvalue weighted by atomic mass is 16.3. The van der Waals surface area contributed by atoms with Crippen LogP contribution in [0.25, 0.3) is 11.0 Å². The first-order valence-electron chi connectivity index (χ1n) is 8.40. The molecule has 3 rings (SSSR count). The second-order valence-electron chi connectivity index (χ2n) is 6.61. The Bertz CT molecular complexity index is 1000. The zero-order valence-electron chi connectivity index (χ0n) is 15.3. The summed E-state index contributed by atoms with van der Waals surface area (Å²) in [4.78, 5) is 26.7. The van der Waals surface area contributed by atoms with Crippen molar-refractivity contribution < 1.29 is 13.6 Å². The maximum atomic E-state index is 12.5. The number of fused-ring (bicyclic) bond motifs is 1. The fraction of sp³-hybridized carbons (Fsp3) is 0.300. The number of amides is 1. The average molecular weight is 354 g/mol. The minimum atomic E-state index is -0.430. The van der Waals surface area contributed by atoms with Crippen molar-refractivity contribution in [3.05, 3.63) is 69.5 Å². The van der Waals surface area contributed by atoms with Gasteiger partial charge in [-0.05, 0) is 57.8 Å². The van der Waals surface area contributed by atoms with E-state index in [2.05, 4.69) is 5.32 Å². The molecule has 26 heavy (non-hydrogen) atoms. The molecule has 3 aromatic rings. The molecule has 136 valence electrons. The molecule has 1 amide bonds. The van der Waals surface area contributed by atoms with Crippen LogP contribution in [-0.2, 0) is 0 Å². The van der Waals surface area contributed by atoms with E-state index >= 15 is 0 Å². The molecule has 0 unspecified atom stereocenters. The standard InChI is InChI=1S/C20H22N2O4/c1-12-5-7-14-16(23)10-19(26-18(14)9-12)20(24)21-11-15(22(3)4)17-8-6-13(2)25-17/h5-10,15H,11H2,1-4H3,(H,21,24)/t15-/m1/s1. The van der Waals surface area contributed by atoms with Crippen LogP contribution in [0.4, 0.5) is 0 Å². The van der Waals surface area contributed by atoms with Gasteiger partial charge in [0.25, 0.3) is 5.91 Å². The molecule has 0 fully saturated rings. The zero-order chi connectivity index (χ0) is 18.8. The van der Waals surface area contributed by atoms with Crippen LogP contribution in [0, 0.1) is 13.8 Å². The van der Waals surface area contributed by atoms with E-state index in [1.54, 1.807) is 12.1 Å². The predicted molar refractivity (Wildman–Crippen MR) is 99.4 cm³/mol. The Kier molecular flexibility index (Phi) is 4.95. The summed E-state index contributed by atoms with van der Waals surface area (Å²) in [6.07, 6.45) is 0. The summed E-state index contributed by atoms with van der Waals surface area (Å²) in [5.41, 5.74) is 1.13. The molecule has 0 saturated heterocycles. The molecule has 1 N–H and O–H groups in total. The van der Waals surface area contributed by atoms with Crippen LogP contribution in [0.3, 0.4) is 0 Å². The third-order valence-corrected chi connectivity index (χ3v) is 4.28. The van der Waals surface area contributed by atoms with Gasteiger partial charge in [0.05, 0.1) is 11.4 Å². The Morgan fingerprint density at radius 3 is 2.54 bits per heavy atom. The minimum absolute atomic E-state index is 0.00114. The summed E-state index contributed by atoms with van der Waals surface area (Å²) in [6.45, 7) is 4.11. The van der Waals surface area contributed by atoms with Crippen LogP contribution in [0.5, 0.6) is 0 Å². The van der Waals surface area contributed by atoms with Crippen LogP contribution in [-0.4, -0.2) is 31.4 Å². The van der Waals surface area contributed by atoms with Gasteiger partial charge in [0.1, 0.15) is 17.1 Å². The number of rotatable bonds is 5. The van der Waals surface area contributed by atoms with Crippen LogP contribution in [0.1, 0.15) is 33.7 Å². The van der Waals surface area contributed by atoms with Crippen LogP contribution in [0.15, 0.2) is 50.0 Å². The van der Waals surface area contributed by atoms with E-state index in [9.17, 15) is 9.59 Å². The fourth-order valence-electron chi connectivity index (χ4n) is 2.82. The zero-order valence-corrected chi connectivity index (χ0v) is 15.3. The van der Waals surface area contributed by atoms with Crippen LogP contribution >= 0.6 is 0 Å². The highest BCUT2D eigenvalue weighted by Gasteiger charge is 2.20. The number of hydrogen-bond acceptors (Lipinski definition) is 5. The maximum absolute atomic E-state index is 12.5. The Labute approximate surface area is 151 Å². The lowest BCUT2D eigenvalue weighted by atomic mass is 10.1. The number of nitrogens with zero attached hydrogens (tertiary/aromatic N) is 1. The van der Waals surface area contributed by atoms with Crippen molar-refractivity contribution in [1.29, 1.82) is 0 Å². The largest absolute Gasteiger partial charge is 0.465 e. The topological polar surface area (TPSA) is 75.7 Å². The SMILES string of the molecule is Cc1ccc2c(=O)cc(C(=O)NC[C@H](c3ccc(C)o3)N(C)C)oc2c1. The summed E-state index contributed by atoms with van der Waals surface area (Å²) in [7, 11) is 3.82. The molecule has 6 heteroatoms. The van der Waals surface area contributed by atoms with Crippen molar-refractivity contribution in [1.82, 2.24) is 10.2 Å². The van der Waals surface area contributed by atoms with Gasteiger partial charge >= 0.3 is 0 Å². The van der Waals surface area contributed by atoms with E-state index in [1.165, 1.54) is 6.07 Å². The van der Waals surface area contributed by atoms with Gasteiger partial charge in [-0.1, -0.05) is 6.07 Å². The minimum Gasteiger partial charge on any atom is -0.465 e. The lowest BCUT2D eigenvalue weighted by Crippen LogP contribution is -2.34. The first-order chi connectivity index (χ1) is 12.3. The number of likely N-dealkylation sites (N-methyl/N-ethyl adjacent to an activating group) is 1. The van der Waals surface area contributed by atoms with Crippen molar-refractivity contribution in [3.8, 4) is 0 Å². The van der Waals surface area contributed by atoms with Crippen molar-refractivity contribution >= 4 is 16.9 Å². The highest BCUT2D eigenvalue weighted by Crippen LogP contribution is 2.20. The van der Waals surface area contributed by atoms with E-state index < -0.39 is 5.91 Å². The van der Waals surface area contributed by atoms with Crippen LogP contribution in [0.2, 0.25) is 0 Å². The molecule has 0 spiro atoms. The van der Waals surface area contributed by atoms with E-state index in [-0.39, 0.29) is 17.2 Å². The lowest BCUT2D eigenvalue weighted by molar-refractivity contribution is 0.0911. The average Bonchev–Trinajstić information content (AvgIpc) is 3.00. The number of hydrogen-bond donors (Lipinski definition) is 1. The molecule has 6 nitrogen and oxygen atoms in total. The van der Waals surface area contributed by atoms with E-state index in [4.69, 9.17) is 8.83 Å². The predicted octanol–water partition coefficient (Wildman–Crippen LogP) is 3.04. The normalized spacial score (nSPS) is 12.5. The third kappa shape index (κ3) is 3.70. The molecule has 0 radical (unpaired) electrons. The molecule has 0 saturated carbocycles. The summed E-state index contributed by atoms with van der Waals surface area (Å²) in [5, 5.41) is 3.28. The van der Waals surface area contributed by atoms with Gasteiger partial charge in [0.2, 0.25) is 0 Å². The number of furan rings is 1. The summed E-state index contributed by atoms with van der Waals surface area (Å²) in [5.74, 6) is 1.15. The van der Waals surface area contributed by atoms with Crippen molar-refractivity contribution in [3.63, 3.8) is 0 Å². The maximum Gasteiger partial charge on any atom is 0.287 e. The number of carbonyl (C=O) groups is 1. The van der Waals surface area contributed by atoms with Gasteiger partial charge in [-0.3, -0.25) is 14.5 Å². The molecular weight excluding hydrogens is 332 g/mol. The fourth-order valence-corrected chi connectivity index (χ4v) is 2.82. The quantitative estimate of drug-likeness (QED) is 0.762. The molecule has 0 aliphatic rings. The lowest BCUT2D eigenvalue weighted by Gasteiger charge is -2.22. The summed E-state index contributed by atoms with van der Waals surface area (Å²) in [6, 6.07) is 10.2. The molecule has 1 aromatic carbocycles. The number of carbonyl (C=O) groups excluding carboxylic acids is 1. The third-order valence-electron chi connectivity index (χ3n) is 4.28. The second kappa shape index (κ2) is 7.17. The van der Waals surface area contributed by atoms with Gasteiger partial charge < -0.3 is 14.2 Å². The van der Waals surface area contributed by atoms with E-state index in [0.29, 0.717) is 17.5 Å². The Morgan fingerprint density at radius 1 is 1.12 bits per heavy atom. The second-order valence-corrected chi connectivity index (χ2v) is 6.61. The van der Waals surface area contributed by atoms with Crippen molar-refractivity contribution in [2.45, 2.75) is 19.9 Å². The molecular formula is C20H22N2O4. The molecule has 2 aromatic heterocycles. The van der Waals surface area contributed by atoms with Crippen molar-refractivity contribution in [2.24, 2.45) is 0 Å². The van der Waals surface area contributed by atoms with Crippen molar-refractivity contribution in [2.75, 3.05) is 20.6 Å². The molecule has 1 atom stereocenters. The smallest absolute Gasteiger partial charge is 0.287 e. The first kappa shape index (κ1) is 17.9.